The van der Waals surface area contributed by atoms with E-state index in [-0.39, 0.29) is 0 Å². The molecular formula is C8H6N4O8. The maximum Gasteiger partial charge on any atom is 0.325 e. The van der Waals surface area contributed by atoms with Crippen LogP contribution in [0.2, 0.25) is 0 Å². The first-order valence-electron chi connectivity index (χ1n) is 4.76. The van der Waals surface area contributed by atoms with Crippen LogP contribution in [0.25, 0.3) is 0 Å². The molecule has 0 aliphatic heterocycles. The van der Waals surface area contributed by atoms with Crippen LogP contribution in [0.3, 0.4) is 0 Å². The summed E-state index contributed by atoms with van der Waals surface area (Å²) in [6, 6.07) is -1.22. The van der Waals surface area contributed by atoms with E-state index in [0.29, 0.717) is 12.1 Å². The Labute approximate surface area is 108 Å². The topological polar surface area (TPSA) is 193 Å². The second kappa shape index (κ2) is 5.23. The van der Waals surface area contributed by atoms with Gasteiger partial charge in [-0.15, -0.1) is 0 Å². The first-order chi connectivity index (χ1) is 9.16. The molecule has 20 heavy (non-hydrogen) atoms. The van der Waals surface area contributed by atoms with Crippen LogP contribution in [-0.2, 0) is 4.79 Å². The number of carbonyl (C=O) groups is 1. The van der Waals surface area contributed by atoms with Crippen LogP contribution < -0.4 is 5.73 Å². The summed E-state index contributed by atoms with van der Waals surface area (Å²) < 4.78 is 0. The van der Waals surface area contributed by atoms with Gasteiger partial charge in [-0.3, -0.25) is 35.1 Å². The van der Waals surface area contributed by atoms with Gasteiger partial charge in [0.15, 0.2) is 0 Å². The number of nitro benzene ring substituents is 3. The van der Waals surface area contributed by atoms with Gasteiger partial charge in [0.25, 0.3) is 17.1 Å². The van der Waals surface area contributed by atoms with E-state index >= 15 is 0 Å². The van der Waals surface area contributed by atoms with Crippen molar-refractivity contribution in [1.82, 2.24) is 0 Å². The summed E-state index contributed by atoms with van der Waals surface area (Å²) in [6.07, 6.45) is 0. The van der Waals surface area contributed by atoms with E-state index in [4.69, 9.17) is 10.8 Å². The van der Waals surface area contributed by atoms with Gasteiger partial charge in [-0.05, 0) is 0 Å². The first-order valence-corrected chi connectivity index (χ1v) is 4.76. The highest BCUT2D eigenvalue weighted by molar-refractivity contribution is 5.80. The molecule has 1 aromatic rings. The zero-order valence-corrected chi connectivity index (χ0v) is 9.46. The highest BCUT2D eigenvalue weighted by Crippen LogP contribution is 2.37. The summed E-state index contributed by atoms with van der Waals surface area (Å²) in [7, 11) is 0. The summed E-state index contributed by atoms with van der Waals surface area (Å²) in [4.78, 5) is 39.6. The van der Waals surface area contributed by atoms with Crippen LogP contribution in [-0.4, -0.2) is 25.8 Å². The third-order valence-electron chi connectivity index (χ3n) is 2.30. The van der Waals surface area contributed by atoms with Gasteiger partial charge < -0.3 is 10.8 Å². The molecule has 1 atom stereocenters. The number of rotatable bonds is 5. The fraction of sp³-hybridized carbons (Fsp3) is 0.125. The summed E-state index contributed by atoms with van der Waals surface area (Å²) in [5.41, 5.74) is 1.15. The largest absolute Gasteiger partial charge is 0.480 e. The molecule has 1 aromatic carbocycles. The summed E-state index contributed by atoms with van der Waals surface area (Å²) >= 11 is 0. The third-order valence-corrected chi connectivity index (χ3v) is 2.30. The van der Waals surface area contributed by atoms with Crippen molar-refractivity contribution >= 4 is 23.0 Å². The van der Waals surface area contributed by atoms with Gasteiger partial charge >= 0.3 is 5.97 Å². The number of non-ortho nitro benzene ring substituents is 1. The van der Waals surface area contributed by atoms with Crippen LogP contribution in [0.1, 0.15) is 11.6 Å². The second-order valence-electron chi connectivity index (χ2n) is 3.48. The van der Waals surface area contributed by atoms with Crippen LogP contribution in [0, 0.1) is 30.3 Å². The smallest absolute Gasteiger partial charge is 0.325 e. The Balaban J connectivity index is 3.77. The number of hydrogen-bond acceptors (Lipinski definition) is 8. The predicted octanol–water partition coefficient (Wildman–Crippen LogP) is 0.496. The predicted molar refractivity (Wildman–Crippen MR) is 61.0 cm³/mol. The SMILES string of the molecule is NC(C(=O)O)c1c([N+](=O)[O-])cc([N+](=O)[O-])cc1[N+](=O)[O-]. The number of nitro groups is 3. The summed E-state index contributed by atoms with van der Waals surface area (Å²) in [6.45, 7) is 0. The van der Waals surface area contributed by atoms with E-state index in [1.165, 1.54) is 0 Å². The molecule has 0 fully saturated rings. The minimum atomic E-state index is -2.06. The van der Waals surface area contributed by atoms with E-state index in [1.54, 1.807) is 0 Å². The number of carboxylic acid groups (broad SMARTS) is 1. The van der Waals surface area contributed by atoms with E-state index in [2.05, 4.69) is 0 Å². The second-order valence-corrected chi connectivity index (χ2v) is 3.48. The molecular weight excluding hydrogens is 280 g/mol. The maximum absolute atomic E-state index is 10.8. The van der Waals surface area contributed by atoms with Crippen molar-refractivity contribution in [2.24, 2.45) is 5.73 Å². The molecule has 0 spiro atoms. The van der Waals surface area contributed by atoms with Gasteiger partial charge in [0.2, 0.25) is 0 Å². The van der Waals surface area contributed by atoms with Crippen molar-refractivity contribution in [3.05, 3.63) is 48.0 Å². The van der Waals surface area contributed by atoms with Gasteiger partial charge in [-0.2, -0.15) is 0 Å². The average Bonchev–Trinajstić information content (AvgIpc) is 2.35. The van der Waals surface area contributed by atoms with Crippen molar-refractivity contribution < 1.29 is 24.7 Å². The quantitative estimate of drug-likeness (QED) is 0.572. The summed E-state index contributed by atoms with van der Waals surface area (Å²) in [5, 5.41) is 40.9. The molecule has 0 bridgehead atoms. The van der Waals surface area contributed by atoms with E-state index in [9.17, 15) is 35.1 Å². The molecule has 12 nitrogen and oxygen atoms in total. The molecule has 106 valence electrons. The zero-order chi connectivity index (χ0) is 15.6. The summed E-state index contributed by atoms with van der Waals surface area (Å²) in [5.74, 6) is -1.75. The van der Waals surface area contributed by atoms with Crippen LogP contribution >= 0.6 is 0 Å². The lowest BCUT2D eigenvalue weighted by atomic mass is 10.0. The lowest BCUT2D eigenvalue weighted by Gasteiger charge is -2.08. The number of hydrogen-bond donors (Lipinski definition) is 2. The average molecular weight is 286 g/mol. The van der Waals surface area contributed by atoms with Crippen molar-refractivity contribution in [1.29, 1.82) is 0 Å². The number of nitrogens with zero attached hydrogens (tertiary/aromatic N) is 3. The molecule has 3 N–H and O–H groups in total. The first kappa shape index (κ1) is 14.9. The standard InChI is InChI=1S/C8H6N4O8/c9-7(8(13)14)6-4(11(17)18)1-3(10(15)16)2-5(6)12(19)20/h1-2,7H,9H2,(H,13,14). The highest BCUT2D eigenvalue weighted by Gasteiger charge is 2.36. The zero-order valence-electron chi connectivity index (χ0n) is 9.46. The number of carboxylic acids is 1. The molecule has 0 amide bonds. The number of nitrogens with two attached hydrogens (primary N) is 1. The number of aliphatic carboxylic acids is 1. The Bertz CT molecular complexity index is 592. The Morgan fingerprint density at radius 3 is 1.70 bits per heavy atom. The Morgan fingerprint density at radius 1 is 1.05 bits per heavy atom. The van der Waals surface area contributed by atoms with Gasteiger partial charge in [0, 0.05) is 0 Å². The van der Waals surface area contributed by atoms with Gasteiger partial charge in [0.1, 0.15) is 11.6 Å². The minimum absolute atomic E-state index is 0.422. The van der Waals surface area contributed by atoms with E-state index < -0.39 is 49.4 Å². The van der Waals surface area contributed by atoms with Crippen LogP contribution in [0.15, 0.2) is 12.1 Å². The number of benzene rings is 1. The molecule has 1 unspecified atom stereocenters. The fourth-order valence-corrected chi connectivity index (χ4v) is 1.46. The van der Waals surface area contributed by atoms with Gasteiger partial charge in [0.05, 0.1) is 26.9 Å². The Kier molecular flexibility index (Phi) is 3.90. The van der Waals surface area contributed by atoms with Gasteiger partial charge in [-0.25, -0.2) is 0 Å². The maximum atomic E-state index is 10.8. The minimum Gasteiger partial charge on any atom is -0.480 e. The molecule has 0 saturated heterocycles. The molecule has 0 aliphatic rings. The lowest BCUT2D eigenvalue weighted by molar-refractivity contribution is -0.404. The Hall–Kier alpha value is -3.15. The molecule has 0 aliphatic carbocycles. The normalized spacial score (nSPS) is 11.7. The molecule has 0 saturated carbocycles. The monoisotopic (exact) mass is 286 g/mol. The third kappa shape index (κ3) is 2.64. The van der Waals surface area contributed by atoms with Crippen molar-refractivity contribution in [2.75, 3.05) is 0 Å². The lowest BCUT2D eigenvalue weighted by Crippen LogP contribution is -2.23. The van der Waals surface area contributed by atoms with Crippen molar-refractivity contribution in [3.8, 4) is 0 Å². The van der Waals surface area contributed by atoms with Gasteiger partial charge in [-0.1, -0.05) is 0 Å². The van der Waals surface area contributed by atoms with Crippen LogP contribution in [0.4, 0.5) is 17.1 Å². The molecule has 12 heteroatoms. The molecule has 1 rings (SSSR count). The molecule has 0 aromatic heterocycles. The highest BCUT2D eigenvalue weighted by atomic mass is 16.6. The van der Waals surface area contributed by atoms with Crippen LogP contribution in [0.5, 0.6) is 0 Å². The van der Waals surface area contributed by atoms with Crippen molar-refractivity contribution in [3.63, 3.8) is 0 Å². The fourth-order valence-electron chi connectivity index (χ4n) is 1.46. The van der Waals surface area contributed by atoms with E-state index in [1.807, 2.05) is 0 Å². The van der Waals surface area contributed by atoms with Crippen molar-refractivity contribution in [2.45, 2.75) is 6.04 Å². The Morgan fingerprint density at radius 2 is 1.45 bits per heavy atom. The molecule has 0 heterocycles. The molecule has 0 radical (unpaired) electrons. The van der Waals surface area contributed by atoms with E-state index in [0.717, 1.165) is 0 Å².